The molecule has 0 aromatic rings. The molecule has 0 bridgehead atoms. The highest BCUT2D eigenvalue weighted by molar-refractivity contribution is 5.69. The lowest BCUT2D eigenvalue weighted by Crippen LogP contribution is -2.49. The van der Waals surface area contributed by atoms with E-state index in [1.807, 2.05) is 0 Å². The van der Waals surface area contributed by atoms with Crippen LogP contribution in [0.5, 0.6) is 0 Å². The largest absolute Gasteiger partial charge is 0.480 e. The molecule has 0 aromatic carbocycles. The van der Waals surface area contributed by atoms with Crippen LogP contribution in [0.2, 0.25) is 0 Å². The first-order chi connectivity index (χ1) is 8.29. The van der Waals surface area contributed by atoms with E-state index in [1.54, 1.807) is 0 Å². The molecule has 0 saturated carbocycles. The normalized spacial score (nSPS) is 13.9. The minimum absolute atomic E-state index is 0.0821. The van der Waals surface area contributed by atoms with E-state index in [0.29, 0.717) is 6.04 Å². The summed E-state index contributed by atoms with van der Waals surface area (Å²) in [4.78, 5) is 13.0. The van der Waals surface area contributed by atoms with E-state index >= 15 is 0 Å². The Bertz CT molecular complexity index is 233. The molecule has 0 spiro atoms. The summed E-state index contributed by atoms with van der Waals surface area (Å²) in [6, 6.07) is 0.336. The number of nitrogens with zero attached hydrogens (tertiary/aromatic N) is 1. The molecule has 0 aliphatic carbocycles. The Morgan fingerprint density at radius 3 is 2.17 bits per heavy atom. The van der Waals surface area contributed by atoms with Crippen LogP contribution in [0.4, 0.5) is 0 Å². The molecule has 0 saturated heterocycles. The Morgan fingerprint density at radius 1 is 1.17 bits per heavy atom. The zero-order valence-electron chi connectivity index (χ0n) is 12.8. The van der Waals surface area contributed by atoms with E-state index in [1.165, 1.54) is 32.1 Å². The molecule has 3 nitrogen and oxygen atoms in total. The predicted octanol–water partition coefficient (Wildman–Crippen LogP) is 3.92. The summed E-state index contributed by atoms with van der Waals surface area (Å²) in [5.41, 5.74) is -0.0821. The molecular weight excluding hydrogens is 226 g/mol. The Kier molecular flexibility index (Phi) is 8.25. The lowest BCUT2D eigenvalue weighted by Gasteiger charge is -2.39. The maximum absolute atomic E-state index is 10.9. The van der Waals surface area contributed by atoms with Gasteiger partial charge >= 0.3 is 5.97 Å². The molecule has 1 atom stereocenters. The molecule has 0 amide bonds. The molecular formula is C15H31NO2. The van der Waals surface area contributed by atoms with Crippen molar-refractivity contribution in [3.8, 4) is 0 Å². The highest BCUT2D eigenvalue weighted by Gasteiger charge is 2.27. The van der Waals surface area contributed by atoms with Gasteiger partial charge in [0, 0.05) is 11.6 Å². The minimum atomic E-state index is -0.734. The second-order valence-electron chi connectivity index (χ2n) is 6.24. The van der Waals surface area contributed by atoms with Crippen LogP contribution >= 0.6 is 0 Å². The number of hydrogen-bond acceptors (Lipinski definition) is 2. The summed E-state index contributed by atoms with van der Waals surface area (Å²) in [6.07, 6.45) is 7.44. The first-order valence-electron chi connectivity index (χ1n) is 7.27. The molecule has 0 fully saturated rings. The van der Waals surface area contributed by atoms with Crippen LogP contribution in [0.3, 0.4) is 0 Å². The number of aliphatic carboxylic acids is 1. The van der Waals surface area contributed by atoms with E-state index in [0.717, 1.165) is 6.42 Å². The second kappa shape index (κ2) is 8.52. The monoisotopic (exact) mass is 257 g/mol. The predicted molar refractivity (Wildman–Crippen MR) is 76.9 cm³/mol. The quantitative estimate of drug-likeness (QED) is 0.636. The van der Waals surface area contributed by atoms with Crippen molar-refractivity contribution in [2.24, 2.45) is 0 Å². The zero-order valence-corrected chi connectivity index (χ0v) is 12.8. The third-order valence-corrected chi connectivity index (χ3v) is 3.42. The average Bonchev–Trinajstić information content (AvgIpc) is 2.23. The standard InChI is InChI=1S/C15H31NO2/c1-6-7-8-9-10-11-13(2)16(12-14(17)18)15(3,4)5/h13H,6-12H2,1-5H3,(H,17,18). The van der Waals surface area contributed by atoms with Crippen LogP contribution in [0.15, 0.2) is 0 Å². The van der Waals surface area contributed by atoms with E-state index in [2.05, 4.69) is 39.5 Å². The van der Waals surface area contributed by atoms with Gasteiger partial charge < -0.3 is 5.11 Å². The summed E-state index contributed by atoms with van der Waals surface area (Å²) >= 11 is 0. The van der Waals surface area contributed by atoms with Crippen LogP contribution in [0.25, 0.3) is 0 Å². The van der Waals surface area contributed by atoms with Gasteiger partial charge in [0.1, 0.15) is 0 Å². The van der Waals surface area contributed by atoms with Gasteiger partial charge in [0.25, 0.3) is 0 Å². The smallest absolute Gasteiger partial charge is 0.317 e. The van der Waals surface area contributed by atoms with Crippen LogP contribution in [-0.2, 0) is 4.79 Å². The van der Waals surface area contributed by atoms with Gasteiger partial charge in [0.05, 0.1) is 6.54 Å². The van der Waals surface area contributed by atoms with Gasteiger partial charge in [-0.1, -0.05) is 39.0 Å². The molecule has 18 heavy (non-hydrogen) atoms. The molecule has 0 aromatic heterocycles. The fourth-order valence-corrected chi connectivity index (χ4v) is 2.40. The molecule has 0 rings (SSSR count). The maximum atomic E-state index is 10.9. The van der Waals surface area contributed by atoms with Gasteiger partial charge in [-0.3, -0.25) is 9.69 Å². The average molecular weight is 257 g/mol. The molecule has 0 heterocycles. The SMILES string of the molecule is CCCCCCCC(C)N(CC(=O)O)C(C)(C)C. The van der Waals surface area contributed by atoms with Crippen molar-refractivity contribution in [2.45, 2.75) is 84.7 Å². The van der Waals surface area contributed by atoms with Gasteiger partial charge in [-0.15, -0.1) is 0 Å². The number of carboxylic acid groups (broad SMARTS) is 1. The van der Waals surface area contributed by atoms with Crippen molar-refractivity contribution in [3.05, 3.63) is 0 Å². The van der Waals surface area contributed by atoms with E-state index in [9.17, 15) is 4.79 Å². The number of carboxylic acids is 1. The molecule has 0 aliphatic rings. The van der Waals surface area contributed by atoms with Crippen LogP contribution < -0.4 is 0 Å². The lowest BCUT2D eigenvalue weighted by molar-refractivity contribution is -0.140. The molecule has 0 aliphatic heterocycles. The number of unbranched alkanes of at least 4 members (excludes halogenated alkanes) is 4. The highest BCUT2D eigenvalue weighted by Crippen LogP contribution is 2.20. The van der Waals surface area contributed by atoms with Gasteiger partial charge in [0.2, 0.25) is 0 Å². The van der Waals surface area contributed by atoms with E-state index < -0.39 is 5.97 Å². The third kappa shape index (κ3) is 7.70. The van der Waals surface area contributed by atoms with Crippen molar-refractivity contribution in [2.75, 3.05) is 6.54 Å². The first kappa shape index (κ1) is 17.4. The van der Waals surface area contributed by atoms with Crippen LogP contribution in [0.1, 0.15) is 73.1 Å². The third-order valence-electron chi connectivity index (χ3n) is 3.42. The molecule has 1 unspecified atom stereocenters. The fourth-order valence-electron chi connectivity index (χ4n) is 2.40. The molecule has 1 N–H and O–H groups in total. The topological polar surface area (TPSA) is 40.5 Å². The summed E-state index contributed by atoms with van der Waals surface area (Å²) in [7, 11) is 0. The summed E-state index contributed by atoms with van der Waals surface area (Å²) in [5, 5.41) is 9.00. The fraction of sp³-hybridized carbons (Fsp3) is 0.933. The van der Waals surface area contributed by atoms with Crippen molar-refractivity contribution < 1.29 is 9.90 Å². The van der Waals surface area contributed by atoms with Crippen molar-refractivity contribution in [1.82, 2.24) is 4.90 Å². The Balaban J connectivity index is 4.14. The number of hydrogen-bond donors (Lipinski definition) is 1. The molecule has 108 valence electrons. The molecule has 0 radical (unpaired) electrons. The first-order valence-corrected chi connectivity index (χ1v) is 7.27. The van der Waals surface area contributed by atoms with Crippen molar-refractivity contribution >= 4 is 5.97 Å². The van der Waals surface area contributed by atoms with Crippen LogP contribution in [0, 0.1) is 0 Å². The second-order valence-corrected chi connectivity index (χ2v) is 6.24. The van der Waals surface area contributed by atoms with E-state index in [-0.39, 0.29) is 12.1 Å². The van der Waals surface area contributed by atoms with Gasteiger partial charge in [-0.2, -0.15) is 0 Å². The lowest BCUT2D eigenvalue weighted by atomic mass is 9.99. The highest BCUT2D eigenvalue weighted by atomic mass is 16.4. The van der Waals surface area contributed by atoms with Gasteiger partial charge in [-0.25, -0.2) is 0 Å². The maximum Gasteiger partial charge on any atom is 0.317 e. The Hall–Kier alpha value is -0.570. The van der Waals surface area contributed by atoms with Crippen molar-refractivity contribution in [3.63, 3.8) is 0 Å². The Morgan fingerprint density at radius 2 is 1.72 bits per heavy atom. The summed E-state index contributed by atoms with van der Waals surface area (Å²) in [5.74, 6) is -0.734. The summed E-state index contributed by atoms with van der Waals surface area (Å²) < 4.78 is 0. The van der Waals surface area contributed by atoms with Gasteiger partial charge in [-0.05, 0) is 34.1 Å². The van der Waals surface area contributed by atoms with Gasteiger partial charge in [0.15, 0.2) is 0 Å². The number of carbonyl (C=O) groups is 1. The Labute approximate surface area is 113 Å². The minimum Gasteiger partial charge on any atom is -0.480 e. The summed E-state index contributed by atoms with van der Waals surface area (Å²) in [6.45, 7) is 10.8. The van der Waals surface area contributed by atoms with E-state index in [4.69, 9.17) is 5.11 Å². The van der Waals surface area contributed by atoms with Crippen molar-refractivity contribution in [1.29, 1.82) is 0 Å². The number of rotatable bonds is 9. The molecule has 3 heteroatoms. The zero-order chi connectivity index (χ0) is 14.2. The van der Waals surface area contributed by atoms with Crippen LogP contribution in [-0.4, -0.2) is 34.1 Å².